The fraction of sp³-hybridized carbons (Fsp3) is 0.417. The van der Waals surface area contributed by atoms with Crippen molar-refractivity contribution in [3.63, 3.8) is 0 Å². The van der Waals surface area contributed by atoms with E-state index >= 15 is 0 Å². The van der Waals surface area contributed by atoms with Crippen LogP contribution in [-0.2, 0) is 16.1 Å². The number of halogens is 1. The molecule has 162 valence electrons. The van der Waals surface area contributed by atoms with E-state index in [0.717, 1.165) is 10.5 Å². The second-order valence-corrected chi connectivity index (χ2v) is 9.39. The zero-order valence-corrected chi connectivity index (χ0v) is 19.0. The largest absolute Gasteiger partial charge is 0.350 e. The lowest BCUT2D eigenvalue weighted by molar-refractivity contribution is -0.141. The summed E-state index contributed by atoms with van der Waals surface area (Å²) in [5.74, 6) is 0.0448. The van der Waals surface area contributed by atoms with E-state index in [4.69, 9.17) is 0 Å². The van der Waals surface area contributed by atoms with Gasteiger partial charge in [-0.25, -0.2) is 4.39 Å². The van der Waals surface area contributed by atoms with Crippen LogP contribution in [0.25, 0.3) is 0 Å². The molecule has 0 radical (unpaired) electrons. The number of carbonyl (C=O) groups excluding carboxylic acids is 2. The van der Waals surface area contributed by atoms with Crippen LogP contribution in [0.1, 0.15) is 46.1 Å². The van der Waals surface area contributed by atoms with E-state index in [0.29, 0.717) is 18.6 Å². The van der Waals surface area contributed by atoms with Gasteiger partial charge in [-0.3, -0.25) is 9.59 Å². The van der Waals surface area contributed by atoms with Gasteiger partial charge in [-0.1, -0.05) is 37.3 Å². The summed E-state index contributed by atoms with van der Waals surface area (Å²) in [6.07, 6.45) is 0.820. The molecule has 0 unspecified atom stereocenters. The van der Waals surface area contributed by atoms with Crippen molar-refractivity contribution in [3.05, 3.63) is 66.0 Å². The van der Waals surface area contributed by atoms with Crippen molar-refractivity contribution < 1.29 is 14.0 Å². The van der Waals surface area contributed by atoms with Gasteiger partial charge in [-0.05, 0) is 57.0 Å². The molecule has 6 heteroatoms. The summed E-state index contributed by atoms with van der Waals surface area (Å²) in [5.41, 5.74) is 0.403. The number of nitrogens with one attached hydrogen (secondary N) is 1. The summed E-state index contributed by atoms with van der Waals surface area (Å²) < 4.78 is 13.3. The Bertz CT molecular complexity index is 819. The lowest BCUT2D eigenvalue weighted by Gasteiger charge is -2.33. The van der Waals surface area contributed by atoms with Gasteiger partial charge in [0.05, 0.1) is 0 Å². The molecule has 0 fully saturated rings. The fourth-order valence-corrected chi connectivity index (χ4v) is 3.94. The maximum Gasteiger partial charge on any atom is 0.243 e. The first-order valence-electron chi connectivity index (χ1n) is 10.2. The zero-order valence-electron chi connectivity index (χ0n) is 18.2. The van der Waals surface area contributed by atoms with E-state index in [1.165, 1.54) is 12.1 Å². The molecule has 2 amide bonds. The topological polar surface area (TPSA) is 49.4 Å². The van der Waals surface area contributed by atoms with Gasteiger partial charge in [0.2, 0.25) is 11.8 Å². The molecule has 0 aromatic heterocycles. The van der Waals surface area contributed by atoms with Crippen molar-refractivity contribution in [2.45, 2.75) is 63.6 Å². The molecule has 0 aliphatic carbocycles. The molecular weight excluding hydrogens is 399 g/mol. The lowest BCUT2D eigenvalue weighted by atomic mass is 10.1. The minimum Gasteiger partial charge on any atom is -0.350 e. The maximum absolute atomic E-state index is 13.3. The number of amides is 2. The van der Waals surface area contributed by atoms with E-state index in [2.05, 4.69) is 5.32 Å². The Kier molecular flexibility index (Phi) is 8.90. The third-order valence-electron chi connectivity index (χ3n) is 4.48. The van der Waals surface area contributed by atoms with Crippen molar-refractivity contribution in [2.75, 3.05) is 5.75 Å². The Labute approximate surface area is 183 Å². The average molecular weight is 431 g/mol. The van der Waals surface area contributed by atoms with Gasteiger partial charge in [0.15, 0.2) is 0 Å². The summed E-state index contributed by atoms with van der Waals surface area (Å²) in [5, 5.41) is 2.98. The molecule has 0 heterocycles. The van der Waals surface area contributed by atoms with Gasteiger partial charge in [0.25, 0.3) is 0 Å². The van der Waals surface area contributed by atoms with Gasteiger partial charge in [0.1, 0.15) is 11.9 Å². The summed E-state index contributed by atoms with van der Waals surface area (Å²) in [4.78, 5) is 28.8. The van der Waals surface area contributed by atoms with Crippen molar-refractivity contribution in [3.8, 4) is 0 Å². The maximum atomic E-state index is 13.3. The Morgan fingerprint density at radius 1 is 1.07 bits per heavy atom. The molecule has 2 rings (SSSR count). The average Bonchev–Trinajstić information content (AvgIpc) is 2.68. The lowest BCUT2D eigenvalue weighted by Crippen LogP contribution is -2.53. The van der Waals surface area contributed by atoms with E-state index in [1.54, 1.807) is 28.8 Å². The second kappa shape index (κ2) is 11.2. The smallest absolute Gasteiger partial charge is 0.243 e. The molecule has 0 spiro atoms. The number of hydrogen-bond donors (Lipinski definition) is 1. The Balaban J connectivity index is 2.14. The number of rotatable bonds is 9. The first-order valence-corrected chi connectivity index (χ1v) is 11.2. The normalized spacial score (nSPS) is 12.3. The quantitative estimate of drug-likeness (QED) is 0.568. The summed E-state index contributed by atoms with van der Waals surface area (Å²) >= 11 is 1.61. The van der Waals surface area contributed by atoms with Crippen LogP contribution >= 0.6 is 11.8 Å². The first-order chi connectivity index (χ1) is 14.2. The molecule has 1 N–H and O–H groups in total. The molecular formula is C24H31FN2O2S. The molecule has 1 atom stereocenters. The number of nitrogens with zero attached hydrogens (tertiary/aromatic N) is 1. The van der Waals surface area contributed by atoms with Crippen molar-refractivity contribution in [1.29, 1.82) is 0 Å². The molecule has 4 nitrogen and oxygen atoms in total. The third-order valence-corrected chi connectivity index (χ3v) is 5.49. The van der Waals surface area contributed by atoms with E-state index < -0.39 is 11.6 Å². The van der Waals surface area contributed by atoms with Crippen LogP contribution in [0.3, 0.4) is 0 Å². The van der Waals surface area contributed by atoms with Gasteiger partial charge in [-0.15, -0.1) is 11.8 Å². The molecule has 0 aliphatic heterocycles. The van der Waals surface area contributed by atoms with Crippen LogP contribution in [0.2, 0.25) is 0 Å². The van der Waals surface area contributed by atoms with Crippen LogP contribution in [-0.4, -0.2) is 34.0 Å². The van der Waals surface area contributed by atoms with Crippen LogP contribution in [0.5, 0.6) is 0 Å². The first kappa shape index (κ1) is 23.9. The van der Waals surface area contributed by atoms with Crippen LogP contribution in [0.15, 0.2) is 59.5 Å². The van der Waals surface area contributed by atoms with Gasteiger partial charge in [-0.2, -0.15) is 0 Å². The van der Waals surface area contributed by atoms with E-state index in [-0.39, 0.29) is 24.2 Å². The molecule has 2 aromatic carbocycles. The van der Waals surface area contributed by atoms with Crippen LogP contribution in [0, 0.1) is 5.82 Å². The second-order valence-electron chi connectivity index (χ2n) is 8.22. The highest BCUT2D eigenvalue weighted by atomic mass is 32.2. The van der Waals surface area contributed by atoms with Crippen LogP contribution < -0.4 is 5.32 Å². The van der Waals surface area contributed by atoms with Crippen molar-refractivity contribution in [2.24, 2.45) is 0 Å². The highest BCUT2D eigenvalue weighted by Crippen LogP contribution is 2.20. The molecule has 30 heavy (non-hydrogen) atoms. The molecule has 0 bridgehead atoms. The molecule has 0 saturated carbocycles. The monoisotopic (exact) mass is 430 g/mol. The zero-order chi connectivity index (χ0) is 22.1. The standard InChI is InChI=1S/C24H31FN2O2S/c1-5-21(23(29)26-24(2,3)4)27(17-18-11-13-19(25)14-12-18)22(28)15-16-30-20-9-7-6-8-10-20/h6-14,21H,5,15-17H2,1-4H3,(H,26,29)/t21-/m1/s1. The fourth-order valence-electron chi connectivity index (χ4n) is 3.08. The predicted molar refractivity (Wildman–Crippen MR) is 121 cm³/mol. The Morgan fingerprint density at radius 2 is 1.70 bits per heavy atom. The van der Waals surface area contributed by atoms with E-state index in [9.17, 15) is 14.0 Å². The number of hydrogen-bond acceptors (Lipinski definition) is 3. The van der Waals surface area contributed by atoms with Crippen molar-refractivity contribution >= 4 is 23.6 Å². The third kappa shape index (κ3) is 7.82. The SMILES string of the molecule is CC[C@H](C(=O)NC(C)(C)C)N(Cc1ccc(F)cc1)C(=O)CCSc1ccccc1. The minimum absolute atomic E-state index is 0.0846. The summed E-state index contributed by atoms with van der Waals surface area (Å²) in [6, 6.07) is 15.4. The van der Waals surface area contributed by atoms with Gasteiger partial charge >= 0.3 is 0 Å². The van der Waals surface area contributed by atoms with Crippen molar-refractivity contribution in [1.82, 2.24) is 10.2 Å². The molecule has 2 aromatic rings. The molecule has 0 saturated heterocycles. The highest BCUT2D eigenvalue weighted by molar-refractivity contribution is 7.99. The Hall–Kier alpha value is -2.34. The molecule has 0 aliphatic rings. The number of benzene rings is 2. The highest BCUT2D eigenvalue weighted by Gasteiger charge is 2.30. The summed E-state index contributed by atoms with van der Waals surface area (Å²) in [7, 11) is 0. The van der Waals surface area contributed by atoms with Gasteiger partial charge in [0, 0.05) is 29.2 Å². The number of thioether (sulfide) groups is 1. The summed E-state index contributed by atoms with van der Waals surface area (Å²) in [6.45, 7) is 7.92. The minimum atomic E-state index is -0.580. The van der Waals surface area contributed by atoms with Gasteiger partial charge < -0.3 is 10.2 Å². The van der Waals surface area contributed by atoms with Crippen LogP contribution in [0.4, 0.5) is 4.39 Å². The number of carbonyl (C=O) groups is 2. The predicted octanol–water partition coefficient (Wildman–Crippen LogP) is 5.03. The van der Waals surface area contributed by atoms with E-state index in [1.807, 2.05) is 58.0 Å². The Morgan fingerprint density at radius 3 is 2.27 bits per heavy atom.